The molecule has 5 rings (SSSR count). The van der Waals surface area contributed by atoms with Gasteiger partial charge in [0.05, 0.1) is 10.9 Å². The number of epoxide rings is 1. The minimum absolute atomic E-state index is 0.00308. The van der Waals surface area contributed by atoms with Gasteiger partial charge in [-0.2, -0.15) is 0 Å². The van der Waals surface area contributed by atoms with Crippen LogP contribution in [0, 0.1) is 6.92 Å². The van der Waals surface area contributed by atoms with E-state index in [0.717, 1.165) is 11.1 Å². The van der Waals surface area contributed by atoms with Crippen molar-refractivity contribution in [3.8, 4) is 0 Å². The van der Waals surface area contributed by atoms with E-state index in [1.807, 2.05) is 42.5 Å². The molecule has 0 saturated carbocycles. The number of aromatic nitrogens is 2. The Bertz CT molecular complexity index is 1240. The van der Waals surface area contributed by atoms with E-state index in [0.29, 0.717) is 23.3 Å². The first kappa shape index (κ1) is 19.6. The Kier molecular flexibility index (Phi) is 4.88. The van der Waals surface area contributed by atoms with Crippen molar-refractivity contribution in [1.82, 2.24) is 20.2 Å². The Morgan fingerprint density at radius 1 is 1.13 bits per heavy atom. The average molecular weight is 418 g/mol. The summed E-state index contributed by atoms with van der Waals surface area (Å²) in [7, 11) is 0. The predicted octanol–water partition coefficient (Wildman–Crippen LogP) is 1.87. The molecule has 0 spiro atoms. The van der Waals surface area contributed by atoms with Gasteiger partial charge in [0.25, 0.3) is 5.56 Å². The Morgan fingerprint density at radius 2 is 1.94 bits per heavy atom. The second kappa shape index (κ2) is 7.72. The van der Waals surface area contributed by atoms with Gasteiger partial charge >= 0.3 is 0 Å². The lowest BCUT2D eigenvalue weighted by Crippen LogP contribution is -2.45. The van der Waals surface area contributed by atoms with Crippen molar-refractivity contribution in [2.75, 3.05) is 0 Å². The molecule has 0 aliphatic carbocycles. The van der Waals surface area contributed by atoms with Crippen molar-refractivity contribution >= 4 is 22.7 Å². The fraction of sp³-hybridized carbons (Fsp3) is 0.304. The largest absolute Gasteiger partial charge is 0.348 e. The third-order valence-electron chi connectivity index (χ3n) is 5.83. The molecule has 2 aromatic carbocycles. The number of benzene rings is 2. The van der Waals surface area contributed by atoms with Gasteiger partial charge in [0.2, 0.25) is 11.8 Å². The lowest BCUT2D eigenvalue weighted by Gasteiger charge is -2.24. The molecular weight excluding hydrogens is 396 g/mol. The summed E-state index contributed by atoms with van der Waals surface area (Å²) >= 11 is 0. The summed E-state index contributed by atoms with van der Waals surface area (Å²) in [5, 5.41) is 6.14. The number of nitrogens with one attached hydrogen (secondary N) is 2. The zero-order valence-electron chi connectivity index (χ0n) is 17.0. The molecule has 2 aliphatic rings. The highest BCUT2D eigenvalue weighted by Gasteiger charge is 2.39. The maximum absolute atomic E-state index is 13.4. The summed E-state index contributed by atoms with van der Waals surface area (Å²) in [6, 6.07) is 14.8. The van der Waals surface area contributed by atoms with Crippen molar-refractivity contribution < 1.29 is 14.3 Å². The molecule has 2 N–H and O–H groups in total. The SMILES string of the molecule is Cc1nc2cccc(CNC3OC3c3ccccc3)c2c(=O)n1C1CCC(=O)NC1=O. The number of fused-ring (bicyclic) bond motifs is 1. The zero-order valence-corrected chi connectivity index (χ0v) is 17.0. The van der Waals surface area contributed by atoms with Crippen LogP contribution in [0.5, 0.6) is 0 Å². The number of hydrogen-bond acceptors (Lipinski definition) is 6. The van der Waals surface area contributed by atoms with E-state index in [-0.39, 0.29) is 36.6 Å². The van der Waals surface area contributed by atoms with Crippen LogP contribution < -0.4 is 16.2 Å². The molecule has 158 valence electrons. The molecule has 3 unspecified atom stereocenters. The number of carbonyl (C=O) groups is 2. The van der Waals surface area contributed by atoms with E-state index in [1.165, 1.54) is 4.57 Å². The number of carbonyl (C=O) groups excluding carboxylic acids is 2. The van der Waals surface area contributed by atoms with E-state index in [4.69, 9.17) is 4.74 Å². The molecule has 8 heteroatoms. The zero-order chi connectivity index (χ0) is 21.5. The third kappa shape index (κ3) is 3.64. The van der Waals surface area contributed by atoms with Gasteiger partial charge in [0.15, 0.2) is 0 Å². The number of hydrogen-bond donors (Lipinski definition) is 2. The van der Waals surface area contributed by atoms with E-state index >= 15 is 0 Å². The van der Waals surface area contributed by atoms with Crippen molar-refractivity contribution in [3.05, 3.63) is 75.8 Å². The minimum atomic E-state index is -0.739. The molecule has 2 amide bonds. The summed E-state index contributed by atoms with van der Waals surface area (Å²) in [6.45, 7) is 2.14. The third-order valence-corrected chi connectivity index (χ3v) is 5.83. The summed E-state index contributed by atoms with van der Waals surface area (Å²) in [6.07, 6.45) is 0.363. The molecule has 2 fully saturated rings. The molecule has 2 aliphatic heterocycles. The van der Waals surface area contributed by atoms with Crippen LogP contribution in [0.25, 0.3) is 10.9 Å². The predicted molar refractivity (Wildman–Crippen MR) is 113 cm³/mol. The molecule has 8 nitrogen and oxygen atoms in total. The van der Waals surface area contributed by atoms with Crippen LogP contribution in [0.4, 0.5) is 0 Å². The van der Waals surface area contributed by atoms with Crippen LogP contribution in [0.1, 0.15) is 41.9 Å². The van der Waals surface area contributed by atoms with Gasteiger partial charge in [-0.15, -0.1) is 0 Å². The molecule has 0 bridgehead atoms. The van der Waals surface area contributed by atoms with E-state index < -0.39 is 11.9 Å². The van der Waals surface area contributed by atoms with E-state index in [2.05, 4.69) is 15.6 Å². The number of aryl methyl sites for hydroxylation is 1. The van der Waals surface area contributed by atoms with Gasteiger partial charge in [0.1, 0.15) is 24.2 Å². The van der Waals surface area contributed by atoms with Gasteiger partial charge in [-0.05, 0) is 30.5 Å². The van der Waals surface area contributed by atoms with E-state index in [9.17, 15) is 14.4 Å². The van der Waals surface area contributed by atoms with Crippen LogP contribution in [0.15, 0.2) is 53.3 Å². The molecule has 2 saturated heterocycles. The molecule has 31 heavy (non-hydrogen) atoms. The fourth-order valence-electron chi connectivity index (χ4n) is 4.24. The summed E-state index contributed by atoms with van der Waals surface area (Å²) in [5.74, 6) is -0.329. The van der Waals surface area contributed by atoms with Crippen LogP contribution in [0.3, 0.4) is 0 Å². The normalized spacial score (nSPS) is 23.1. The maximum atomic E-state index is 13.4. The van der Waals surface area contributed by atoms with Gasteiger partial charge in [-0.1, -0.05) is 42.5 Å². The van der Waals surface area contributed by atoms with Crippen molar-refractivity contribution in [2.45, 2.75) is 44.7 Å². The lowest BCUT2D eigenvalue weighted by molar-refractivity contribution is -0.135. The minimum Gasteiger partial charge on any atom is -0.348 e. The number of piperidine rings is 1. The first-order chi connectivity index (χ1) is 15.0. The Labute approximate surface area is 178 Å². The first-order valence-electron chi connectivity index (χ1n) is 10.3. The van der Waals surface area contributed by atoms with Crippen LogP contribution in [0.2, 0.25) is 0 Å². The number of imide groups is 1. The van der Waals surface area contributed by atoms with Gasteiger partial charge in [-0.25, -0.2) is 4.98 Å². The number of nitrogens with zero attached hydrogens (tertiary/aromatic N) is 2. The fourth-order valence-corrected chi connectivity index (χ4v) is 4.24. The lowest BCUT2D eigenvalue weighted by atomic mass is 10.0. The molecular formula is C23H22N4O4. The van der Waals surface area contributed by atoms with E-state index in [1.54, 1.807) is 13.0 Å². The van der Waals surface area contributed by atoms with Gasteiger partial charge in [-0.3, -0.25) is 29.6 Å². The standard InChI is InChI=1S/C23H22N4O4/c1-13-25-16-9-5-8-15(12-24-22-20(31-22)14-6-3-2-4-7-14)19(16)23(30)27(13)17-10-11-18(28)26-21(17)29/h2-9,17,20,22,24H,10-12H2,1H3,(H,26,28,29). The number of ether oxygens (including phenoxy) is 1. The van der Waals surface area contributed by atoms with Crippen molar-refractivity contribution in [3.63, 3.8) is 0 Å². The highest BCUT2D eigenvalue weighted by atomic mass is 16.6. The van der Waals surface area contributed by atoms with Crippen molar-refractivity contribution in [1.29, 1.82) is 0 Å². The van der Waals surface area contributed by atoms with Crippen molar-refractivity contribution in [2.24, 2.45) is 0 Å². The average Bonchev–Trinajstić information content (AvgIpc) is 3.54. The van der Waals surface area contributed by atoms with Crippen LogP contribution >= 0.6 is 0 Å². The van der Waals surface area contributed by atoms with Crippen LogP contribution in [-0.2, 0) is 20.9 Å². The summed E-state index contributed by atoms with van der Waals surface area (Å²) in [5.41, 5.74) is 2.21. The molecule has 3 heterocycles. The maximum Gasteiger partial charge on any atom is 0.262 e. The summed E-state index contributed by atoms with van der Waals surface area (Å²) < 4.78 is 7.15. The molecule has 1 aromatic heterocycles. The Balaban J connectivity index is 1.44. The second-order valence-electron chi connectivity index (χ2n) is 7.88. The van der Waals surface area contributed by atoms with Crippen LogP contribution in [-0.4, -0.2) is 27.6 Å². The number of rotatable bonds is 5. The second-order valence-corrected chi connectivity index (χ2v) is 7.88. The molecule has 3 atom stereocenters. The quantitative estimate of drug-likeness (QED) is 0.484. The molecule has 0 radical (unpaired) electrons. The van der Waals surface area contributed by atoms with Gasteiger partial charge < -0.3 is 4.74 Å². The Morgan fingerprint density at radius 3 is 2.71 bits per heavy atom. The van der Waals surface area contributed by atoms with Gasteiger partial charge in [0, 0.05) is 13.0 Å². The highest BCUT2D eigenvalue weighted by molar-refractivity contribution is 5.99. The highest BCUT2D eigenvalue weighted by Crippen LogP contribution is 2.36. The molecule has 3 aromatic rings. The number of amides is 2. The summed E-state index contributed by atoms with van der Waals surface area (Å²) in [4.78, 5) is 41.9. The Hall–Kier alpha value is -3.36. The topological polar surface area (TPSA) is 106 Å². The smallest absolute Gasteiger partial charge is 0.262 e. The monoisotopic (exact) mass is 418 g/mol. The first-order valence-corrected chi connectivity index (χ1v) is 10.3.